The molecule has 0 spiro atoms. The maximum Gasteiger partial charge on any atom is 0.0379 e. The van der Waals surface area contributed by atoms with Gasteiger partial charge in [-0.3, -0.25) is 4.98 Å². The van der Waals surface area contributed by atoms with Gasteiger partial charge in [-0.2, -0.15) is 0 Å². The van der Waals surface area contributed by atoms with E-state index in [1.54, 1.807) is 0 Å². The zero-order valence-corrected chi connectivity index (χ0v) is 11.9. The monoisotopic (exact) mass is 234 g/mol. The molecule has 0 aliphatic heterocycles. The second-order valence-electron chi connectivity index (χ2n) is 4.94. The fourth-order valence-corrected chi connectivity index (χ4v) is 2.44. The summed E-state index contributed by atoms with van der Waals surface area (Å²) in [4.78, 5) is 4.44. The van der Waals surface area contributed by atoms with E-state index in [4.69, 9.17) is 0 Å². The highest BCUT2D eigenvalue weighted by atomic mass is 14.9. The zero-order valence-electron chi connectivity index (χ0n) is 11.9. The van der Waals surface area contributed by atoms with Crippen molar-refractivity contribution >= 4 is 0 Å². The van der Waals surface area contributed by atoms with Crippen LogP contribution in [-0.2, 0) is 0 Å². The molecule has 1 N–H and O–H groups in total. The molecule has 0 saturated heterocycles. The quantitative estimate of drug-likeness (QED) is 0.810. The minimum atomic E-state index is 0.459. The fourth-order valence-electron chi connectivity index (χ4n) is 2.44. The van der Waals surface area contributed by atoms with Crippen molar-refractivity contribution in [3.05, 3.63) is 29.1 Å². The lowest BCUT2D eigenvalue weighted by atomic mass is 9.91. The Labute approximate surface area is 106 Å². The van der Waals surface area contributed by atoms with Crippen LogP contribution in [0.2, 0.25) is 0 Å². The van der Waals surface area contributed by atoms with E-state index in [-0.39, 0.29) is 0 Å². The molecule has 0 radical (unpaired) electrons. The largest absolute Gasteiger partial charge is 0.313 e. The summed E-state index contributed by atoms with van der Waals surface area (Å²) in [6, 6.07) is 4.87. The van der Waals surface area contributed by atoms with Crippen molar-refractivity contribution in [2.75, 3.05) is 7.05 Å². The molecule has 0 saturated carbocycles. The van der Waals surface area contributed by atoms with E-state index in [1.165, 1.54) is 24.8 Å². The Bertz CT molecular complexity index is 323. The summed E-state index contributed by atoms with van der Waals surface area (Å²) in [6.45, 7) is 8.70. The topological polar surface area (TPSA) is 24.9 Å². The number of pyridine rings is 1. The first kappa shape index (κ1) is 14.2. The molecular weight excluding hydrogens is 208 g/mol. The second kappa shape index (κ2) is 6.75. The van der Waals surface area contributed by atoms with Gasteiger partial charge < -0.3 is 5.32 Å². The van der Waals surface area contributed by atoms with Gasteiger partial charge in [0.25, 0.3) is 0 Å². The van der Waals surface area contributed by atoms with Crippen molar-refractivity contribution < 1.29 is 0 Å². The van der Waals surface area contributed by atoms with Crippen molar-refractivity contribution in [1.29, 1.82) is 0 Å². The molecule has 17 heavy (non-hydrogen) atoms. The molecular formula is C15H26N2. The van der Waals surface area contributed by atoms with Crippen LogP contribution in [0.3, 0.4) is 0 Å². The Balaban J connectivity index is 2.85. The first-order valence-corrected chi connectivity index (χ1v) is 6.73. The zero-order chi connectivity index (χ0) is 12.8. The lowest BCUT2D eigenvalue weighted by Gasteiger charge is -2.22. The van der Waals surface area contributed by atoms with Gasteiger partial charge in [-0.15, -0.1) is 0 Å². The van der Waals surface area contributed by atoms with Gasteiger partial charge in [0, 0.05) is 17.4 Å². The van der Waals surface area contributed by atoms with Gasteiger partial charge in [-0.05, 0) is 50.9 Å². The van der Waals surface area contributed by atoms with Gasteiger partial charge >= 0.3 is 0 Å². The van der Waals surface area contributed by atoms with Crippen molar-refractivity contribution in [3.63, 3.8) is 0 Å². The Morgan fingerprint density at radius 3 is 2.06 bits per heavy atom. The molecule has 2 nitrogen and oxygen atoms in total. The van der Waals surface area contributed by atoms with Gasteiger partial charge in [0.2, 0.25) is 0 Å². The van der Waals surface area contributed by atoms with Crippen LogP contribution in [0.5, 0.6) is 0 Å². The predicted molar refractivity (Wildman–Crippen MR) is 74.2 cm³/mol. The number of hydrogen-bond donors (Lipinski definition) is 1. The number of aryl methyl sites for hydroxylation is 2. The van der Waals surface area contributed by atoms with Crippen LogP contribution in [0.4, 0.5) is 0 Å². The summed E-state index contributed by atoms with van der Waals surface area (Å²) in [5.74, 6) is 0.807. The summed E-state index contributed by atoms with van der Waals surface area (Å²) >= 11 is 0. The maximum absolute atomic E-state index is 4.44. The van der Waals surface area contributed by atoms with Crippen LogP contribution in [0, 0.1) is 19.8 Å². The number of rotatable bonds is 6. The van der Waals surface area contributed by atoms with Crippen molar-refractivity contribution in [3.8, 4) is 0 Å². The van der Waals surface area contributed by atoms with Crippen LogP contribution in [0.25, 0.3) is 0 Å². The molecule has 0 aliphatic carbocycles. The van der Waals surface area contributed by atoms with Gasteiger partial charge in [-0.25, -0.2) is 0 Å². The minimum absolute atomic E-state index is 0.459. The van der Waals surface area contributed by atoms with Crippen molar-refractivity contribution in [2.45, 2.75) is 53.0 Å². The molecule has 0 amide bonds. The van der Waals surface area contributed by atoms with Crippen LogP contribution in [0.1, 0.15) is 56.1 Å². The second-order valence-corrected chi connectivity index (χ2v) is 4.94. The van der Waals surface area contributed by atoms with E-state index < -0.39 is 0 Å². The van der Waals surface area contributed by atoms with Crippen molar-refractivity contribution in [1.82, 2.24) is 10.3 Å². The minimum Gasteiger partial charge on any atom is -0.313 e. The Hall–Kier alpha value is -0.890. The molecule has 0 fully saturated rings. The lowest BCUT2D eigenvalue weighted by molar-refractivity contribution is 0.385. The van der Waals surface area contributed by atoms with Gasteiger partial charge in [0.05, 0.1) is 0 Å². The summed E-state index contributed by atoms with van der Waals surface area (Å²) in [5, 5.41) is 3.44. The van der Waals surface area contributed by atoms with Crippen LogP contribution in [0.15, 0.2) is 12.1 Å². The van der Waals surface area contributed by atoms with Crippen LogP contribution < -0.4 is 5.32 Å². The molecule has 1 heterocycles. The molecule has 0 aliphatic rings. The summed E-state index contributed by atoms with van der Waals surface area (Å²) in [6.07, 6.45) is 3.74. The SMILES string of the molecule is CCC(CC)CC(NC)c1cc(C)nc(C)c1. The lowest BCUT2D eigenvalue weighted by Crippen LogP contribution is -2.20. The number of aromatic nitrogens is 1. The molecule has 1 aromatic heterocycles. The van der Waals surface area contributed by atoms with E-state index in [0.29, 0.717) is 6.04 Å². The average Bonchev–Trinajstić information content (AvgIpc) is 2.29. The highest BCUT2D eigenvalue weighted by Crippen LogP contribution is 2.25. The molecule has 0 bridgehead atoms. The smallest absolute Gasteiger partial charge is 0.0379 e. The van der Waals surface area contributed by atoms with Gasteiger partial charge in [0.1, 0.15) is 0 Å². The maximum atomic E-state index is 4.44. The van der Waals surface area contributed by atoms with E-state index in [2.05, 4.69) is 57.2 Å². The highest BCUT2D eigenvalue weighted by molar-refractivity contribution is 5.23. The standard InChI is InChI=1S/C15H26N2/c1-6-13(7-2)10-15(16-5)14-8-11(3)17-12(4)9-14/h8-9,13,15-16H,6-7,10H2,1-5H3. The van der Waals surface area contributed by atoms with Gasteiger partial charge in [-0.1, -0.05) is 26.7 Å². The van der Waals surface area contributed by atoms with Gasteiger partial charge in [0.15, 0.2) is 0 Å². The van der Waals surface area contributed by atoms with E-state index in [0.717, 1.165) is 17.3 Å². The average molecular weight is 234 g/mol. The molecule has 2 heteroatoms. The number of nitrogens with zero attached hydrogens (tertiary/aromatic N) is 1. The number of nitrogens with one attached hydrogen (secondary N) is 1. The molecule has 0 aromatic carbocycles. The summed E-state index contributed by atoms with van der Waals surface area (Å²) < 4.78 is 0. The summed E-state index contributed by atoms with van der Waals surface area (Å²) in [7, 11) is 2.05. The van der Waals surface area contributed by atoms with E-state index >= 15 is 0 Å². The fraction of sp³-hybridized carbons (Fsp3) is 0.667. The predicted octanol–water partition coefficient (Wildman–Crippen LogP) is 3.79. The molecule has 96 valence electrons. The third-order valence-corrected chi connectivity index (χ3v) is 3.58. The Morgan fingerprint density at radius 2 is 1.65 bits per heavy atom. The summed E-state index contributed by atoms with van der Waals surface area (Å²) in [5.41, 5.74) is 3.61. The Kier molecular flexibility index (Phi) is 5.63. The highest BCUT2D eigenvalue weighted by Gasteiger charge is 2.15. The Morgan fingerprint density at radius 1 is 1.12 bits per heavy atom. The molecule has 1 unspecified atom stereocenters. The first-order valence-electron chi connectivity index (χ1n) is 6.73. The molecule has 1 atom stereocenters. The molecule has 1 rings (SSSR count). The van der Waals surface area contributed by atoms with Crippen LogP contribution >= 0.6 is 0 Å². The van der Waals surface area contributed by atoms with E-state index in [1.807, 2.05) is 0 Å². The number of hydrogen-bond acceptors (Lipinski definition) is 2. The van der Waals surface area contributed by atoms with Crippen LogP contribution in [-0.4, -0.2) is 12.0 Å². The third kappa shape index (κ3) is 4.12. The van der Waals surface area contributed by atoms with Crippen molar-refractivity contribution in [2.24, 2.45) is 5.92 Å². The first-order chi connectivity index (χ1) is 8.10. The van der Waals surface area contributed by atoms with E-state index in [9.17, 15) is 0 Å². The molecule has 1 aromatic rings. The normalized spacial score (nSPS) is 13.1. The third-order valence-electron chi connectivity index (χ3n) is 3.58.